The van der Waals surface area contributed by atoms with E-state index in [0.717, 1.165) is 12.0 Å². The summed E-state index contributed by atoms with van der Waals surface area (Å²) >= 11 is 0. The van der Waals surface area contributed by atoms with Gasteiger partial charge in [0.2, 0.25) is 0 Å². The summed E-state index contributed by atoms with van der Waals surface area (Å²) in [5.41, 5.74) is 0. The van der Waals surface area contributed by atoms with Crippen molar-refractivity contribution in [2.24, 2.45) is 5.92 Å². The maximum absolute atomic E-state index is 3.59. The van der Waals surface area contributed by atoms with Gasteiger partial charge in [-0.2, -0.15) is 0 Å². The molecule has 0 unspecified atom stereocenters. The second-order valence-corrected chi connectivity index (χ2v) is 4.95. The SMILES string of the molecule is CCC1CCN(C[C@H]2CCCN2)CC1. The highest BCUT2D eigenvalue weighted by Gasteiger charge is 2.21. The lowest BCUT2D eigenvalue weighted by Gasteiger charge is -2.33. The maximum Gasteiger partial charge on any atom is 0.0195 e. The molecule has 0 aromatic heterocycles. The molecule has 0 aromatic carbocycles. The molecule has 2 fully saturated rings. The molecule has 2 saturated heterocycles. The Morgan fingerprint density at radius 2 is 2.00 bits per heavy atom. The smallest absolute Gasteiger partial charge is 0.0195 e. The van der Waals surface area contributed by atoms with Crippen molar-refractivity contribution >= 4 is 0 Å². The number of piperidine rings is 1. The quantitative estimate of drug-likeness (QED) is 0.741. The number of hydrogen-bond acceptors (Lipinski definition) is 2. The predicted molar refractivity (Wildman–Crippen MR) is 60.5 cm³/mol. The first kappa shape index (κ1) is 10.4. The third-order valence-electron chi connectivity index (χ3n) is 3.93. The van der Waals surface area contributed by atoms with Crippen LogP contribution >= 0.6 is 0 Å². The van der Waals surface area contributed by atoms with Gasteiger partial charge in [0.25, 0.3) is 0 Å². The molecule has 0 radical (unpaired) electrons. The fourth-order valence-corrected chi connectivity index (χ4v) is 2.80. The molecule has 0 aliphatic carbocycles. The van der Waals surface area contributed by atoms with Gasteiger partial charge in [0.05, 0.1) is 0 Å². The lowest BCUT2D eigenvalue weighted by Crippen LogP contribution is -2.41. The third-order valence-corrected chi connectivity index (χ3v) is 3.93. The molecule has 0 saturated carbocycles. The number of rotatable bonds is 3. The van der Waals surface area contributed by atoms with E-state index in [9.17, 15) is 0 Å². The molecular weight excluding hydrogens is 172 g/mol. The van der Waals surface area contributed by atoms with Crippen molar-refractivity contribution in [3.63, 3.8) is 0 Å². The van der Waals surface area contributed by atoms with Crippen LogP contribution in [-0.2, 0) is 0 Å². The van der Waals surface area contributed by atoms with Gasteiger partial charge in [-0.1, -0.05) is 13.3 Å². The van der Waals surface area contributed by atoms with Crippen LogP contribution in [0.5, 0.6) is 0 Å². The number of hydrogen-bond donors (Lipinski definition) is 1. The van der Waals surface area contributed by atoms with E-state index in [1.165, 1.54) is 58.3 Å². The highest BCUT2D eigenvalue weighted by atomic mass is 15.2. The molecule has 1 N–H and O–H groups in total. The Kier molecular flexibility index (Phi) is 3.82. The Morgan fingerprint density at radius 3 is 2.57 bits per heavy atom. The van der Waals surface area contributed by atoms with Crippen molar-refractivity contribution in [2.45, 2.75) is 45.1 Å². The zero-order chi connectivity index (χ0) is 9.80. The van der Waals surface area contributed by atoms with Crippen LogP contribution in [0.25, 0.3) is 0 Å². The summed E-state index contributed by atoms with van der Waals surface area (Å²) in [5, 5.41) is 3.59. The molecule has 1 atom stereocenters. The molecule has 2 nitrogen and oxygen atoms in total. The summed E-state index contributed by atoms with van der Waals surface area (Å²) in [6.07, 6.45) is 7.03. The minimum absolute atomic E-state index is 0.799. The van der Waals surface area contributed by atoms with Gasteiger partial charge in [0, 0.05) is 12.6 Å². The Hall–Kier alpha value is -0.0800. The van der Waals surface area contributed by atoms with Gasteiger partial charge in [-0.25, -0.2) is 0 Å². The van der Waals surface area contributed by atoms with Crippen LogP contribution in [0.1, 0.15) is 39.0 Å². The van der Waals surface area contributed by atoms with Crippen molar-refractivity contribution in [1.82, 2.24) is 10.2 Å². The minimum Gasteiger partial charge on any atom is -0.313 e. The molecule has 0 amide bonds. The monoisotopic (exact) mass is 196 g/mol. The van der Waals surface area contributed by atoms with E-state index in [-0.39, 0.29) is 0 Å². The van der Waals surface area contributed by atoms with Crippen LogP contribution in [0.3, 0.4) is 0 Å². The summed E-state index contributed by atoms with van der Waals surface area (Å²) in [7, 11) is 0. The van der Waals surface area contributed by atoms with Crippen molar-refractivity contribution in [1.29, 1.82) is 0 Å². The first-order valence-corrected chi connectivity index (χ1v) is 6.34. The van der Waals surface area contributed by atoms with Crippen LogP contribution in [0.2, 0.25) is 0 Å². The molecular formula is C12H24N2. The first-order valence-electron chi connectivity index (χ1n) is 6.34. The third kappa shape index (κ3) is 2.71. The van der Waals surface area contributed by atoms with Crippen LogP contribution in [0.4, 0.5) is 0 Å². The van der Waals surface area contributed by atoms with Crippen LogP contribution < -0.4 is 5.32 Å². The summed E-state index contributed by atoms with van der Waals surface area (Å²) in [6.45, 7) is 7.57. The summed E-state index contributed by atoms with van der Waals surface area (Å²) in [4.78, 5) is 2.66. The summed E-state index contributed by atoms with van der Waals surface area (Å²) in [5.74, 6) is 1.02. The van der Waals surface area contributed by atoms with Crippen molar-refractivity contribution in [3.05, 3.63) is 0 Å². The van der Waals surface area contributed by atoms with Crippen molar-refractivity contribution < 1.29 is 0 Å². The second-order valence-electron chi connectivity index (χ2n) is 4.95. The van der Waals surface area contributed by atoms with Gasteiger partial charge in [-0.3, -0.25) is 0 Å². The highest BCUT2D eigenvalue weighted by molar-refractivity contribution is 4.80. The molecule has 14 heavy (non-hydrogen) atoms. The fourth-order valence-electron chi connectivity index (χ4n) is 2.80. The van der Waals surface area contributed by atoms with E-state index in [0.29, 0.717) is 0 Å². The predicted octanol–water partition coefficient (Wildman–Crippen LogP) is 1.86. The van der Waals surface area contributed by atoms with E-state index in [2.05, 4.69) is 17.1 Å². The van der Waals surface area contributed by atoms with Gasteiger partial charge >= 0.3 is 0 Å². The molecule has 0 spiro atoms. The standard InChI is InChI=1S/C12H24N2/c1-2-11-5-8-14(9-6-11)10-12-4-3-7-13-12/h11-13H,2-10H2,1H3/t12-/m1/s1. The maximum atomic E-state index is 3.59. The first-order chi connectivity index (χ1) is 6.88. The molecule has 2 heteroatoms. The summed E-state index contributed by atoms with van der Waals surface area (Å²) < 4.78 is 0. The van der Waals surface area contributed by atoms with Crippen molar-refractivity contribution in [2.75, 3.05) is 26.2 Å². The molecule has 82 valence electrons. The van der Waals surface area contributed by atoms with Gasteiger partial charge in [0.1, 0.15) is 0 Å². The Labute approximate surface area is 88.1 Å². The number of likely N-dealkylation sites (tertiary alicyclic amines) is 1. The molecule has 0 aromatic rings. The van der Waals surface area contributed by atoms with Gasteiger partial charge in [-0.15, -0.1) is 0 Å². The van der Waals surface area contributed by atoms with Gasteiger partial charge < -0.3 is 10.2 Å². The topological polar surface area (TPSA) is 15.3 Å². The zero-order valence-corrected chi connectivity index (χ0v) is 9.47. The lowest BCUT2D eigenvalue weighted by molar-refractivity contribution is 0.169. The van der Waals surface area contributed by atoms with Gasteiger partial charge in [0.15, 0.2) is 0 Å². The Balaban J connectivity index is 1.67. The van der Waals surface area contributed by atoms with Gasteiger partial charge in [-0.05, 0) is 51.2 Å². The number of nitrogens with zero attached hydrogens (tertiary/aromatic N) is 1. The molecule has 2 aliphatic rings. The van der Waals surface area contributed by atoms with E-state index >= 15 is 0 Å². The van der Waals surface area contributed by atoms with E-state index < -0.39 is 0 Å². The Morgan fingerprint density at radius 1 is 1.21 bits per heavy atom. The summed E-state index contributed by atoms with van der Waals surface area (Å²) in [6, 6.07) is 0.799. The number of nitrogens with one attached hydrogen (secondary N) is 1. The highest BCUT2D eigenvalue weighted by Crippen LogP contribution is 2.20. The lowest BCUT2D eigenvalue weighted by atomic mass is 9.94. The second kappa shape index (κ2) is 5.13. The normalized spacial score (nSPS) is 31.1. The fraction of sp³-hybridized carbons (Fsp3) is 1.00. The van der Waals surface area contributed by atoms with E-state index in [4.69, 9.17) is 0 Å². The van der Waals surface area contributed by atoms with Crippen LogP contribution in [0, 0.1) is 5.92 Å². The zero-order valence-electron chi connectivity index (χ0n) is 9.47. The average Bonchev–Trinajstić information content (AvgIpc) is 2.72. The molecule has 0 bridgehead atoms. The minimum atomic E-state index is 0.799. The largest absolute Gasteiger partial charge is 0.313 e. The van der Waals surface area contributed by atoms with E-state index in [1.54, 1.807) is 0 Å². The average molecular weight is 196 g/mol. The van der Waals surface area contributed by atoms with Crippen LogP contribution in [0.15, 0.2) is 0 Å². The molecule has 2 aliphatic heterocycles. The molecule has 2 rings (SSSR count). The van der Waals surface area contributed by atoms with Crippen molar-refractivity contribution in [3.8, 4) is 0 Å². The molecule has 2 heterocycles. The van der Waals surface area contributed by atoms with Crippen LogP contribution in [-0.4, -0.2) is 37.1 Å². The Bertz CT molecular complexity index is 156. The van der Waals surface area contributed by atoms with E-state index in [1.807, 2.05) is 0 Å².